The lowest BCUT2D eigenvalue weighted by Gasteiger charge is -2.63. The van der Waals surface area contributed by atoms with Crippen molar-refractivity contribution in [2.75, 3.05) is 6.61 Å². The van der Waals surface area contributed by atoms with Gasteiger partial charge in [-0.05, 0) is 76.0 Å². The van der Waals surface area contributed by atoms with E-state index in [0.717, 1.165) is 0 Å². The van der Waals surface area contributed by atoms with Gasteiger partial charge < -0.3 is 14.9 Å². The van der Waals surface area contributed by atoms with Crippen molar-refractivity contribution in [1.82, 2.24) is 0 Å². The van der Waals surface area contributed by atoms with E-state index in [1.807, 2.05) is 20.8 Å². The number of rotatable bonds is 2. The predicted molar refractivity (Wildman–Crippen MR) is 112 cm³/mol. The first-order valence-electron chi connectivity index (χ1n) is 11.6. The van der Waals surface area contributed by atoms with Gasteiger partial charge in [0.1, 0.15) is 18.4 Å². The number of hydrogen-bond acceptors (Lipinski definition) is 5. The lowest BCUT2D eigenvalue weighted by Crippen LogP contribution is -2.70. The van der Waals surface area contributed by atoms with Crippen LogP contribution in [0.5, 0.6) is 0 Å². The number of hydrogen-bond donors (Lipinski definition) is 2. The van der Waals surface area contributed by atoms with Gasteiger partial charge in [-0.2, -0.15) is 0 Å². The first kappa shape index (κ1) is 22.4. The average Bonchev–Trinajstić information content (AvgIpc) is 3.11. The molecule has 7 heteroatoms. The molecule has 4 fully saturated rings. The Morgan fingerprint density at radius 2 is 1.88 bits per heavy atom. The van der Waals surface area contributed by atoms with E-state index in [-0.39, 0.29) is 30.1 Å². The Bertz CT molecular complexity index is 958. The monoisotopic (exact) mass is 450 g/mol. The number of aliphatic hydroxyl groups is 2. The average molecular weight is 451 g/mol. The number of Topliss-reactive ketones (excluding diaryl/α,β-unsaturated/α-hetero) is 1. The molecule has 5 rings (SSSR count). The fourth-order valence-electron chi connectivity index (χ4n) is 8.57. The van der Waals surface area contributed by atoms with E-state index in [9.17, 15) is 19.8 Å². The van der Waals surface area contributed by atoms with Crippen LogP contribution in [-0.4, -0.2) is 57.5 Å². The molecule has 2 unspecified atom stereocenters. The molecule has 0 spiro atoms. The van der Waals surface area contributed by atoms with Crippen LogP contribution in [-0.2, 0) is 14.3 Å². The molecule has 0 aromatic rings. The molecule has 5 nitrogen and oxygen atoms in total. The molecule has 0 radical (unpaired) electrons. The van der Waals surface area contributed by atoms with Crippen molar-refractivity contribution in [3.63, 3.8) is 0 Å². The van der Waals surface area contributed by atoms with Crippen LogP contribution < -0.4 is 0 Å². The minimum Gasteiger partial charge on any atom is -0.390 e. The highest BCUT2D eigenvalue weighted by Gasteiger charge is 2.79. The van der Waals surface area contributed by atoms with Crippen LogP contribution >= 0.6 is 0 Å². The summed E-state index contributed by atoms with van der Waals surface area (Å²) < 4.78 is 39.1. The molecule has 0 bridgehead atoms. The van der Waals surface area contributed by atoms with Gasteiger partial charge >= 0.3 is 0 Å². The first-order chi connectivity index (χ1) is 14.8. The van der Waals surface area contributed by atoms with Crippen LogP contribution in [0.4, 0.5) is 8.78 Å². The van der Waals surface area contributed by atoms with E-state index >= 15 is 8.78 Å². The molecule has 0 aromatic heterocycles. The summed E-state index contributed by atoms with van der Waals surface area (Å²) >= 11 is 0. The van der Waals surface area contributed by atoms with Crippen molar-refractivity contribution in [2.45, 2.75) is 82.5 Å². The van der Waals surface area contributed by atoms with E-state index in [1.165, 1.54) is 18.2 Å². The number of ketones is 2. The van der Waals surface area contributed by atoms with Crippen LogP contribution in [0.25, 0.3) is 0 Å². The minimum atomic E-state index is -2.18. The van der Waals surface area contributed by atoms with E-state index in [2.05, 4.69) is 0 Å². The number of carbonyl (C=O) groups is 2. The highest BCUT2D eigenvalue weighted by Crippen LogP contribution is 2.74. The third-order valence-electron chi connectivity index (χ3n) is 9.71. The van der Waals surface area contributed by atoms with Gasteiger partial charge in [-0.25, -0.2) is 8.78 Å². The lowest BCUT2D eigenvalue weighted by molar-refractivity contribution is -0.237. The van der Waals surface area contributed by atoms with Crippen LogP contribution in [0.1, 0.15) is 53.4 Å². The SMILES string of the molecule is CC1(C)C[C@@H]2CC3C4C[C@H](F)C5=CC(=O)C=C[C@]5(C)[C@@]4(F)[C@@H](O)C[C@]3(C)[C@]2(C(=O)CO)O1. The van der Waals surface area contributed by atoms with E-state index < -0.39 is 64.2 Å². The number of fused-ring (bicyclic) bond motifs is 7. The summed E-state index contributed by atoms with van der Waals surface area (Å²) in [4.78, 5) is 25.2. The zero-order valence-corrected chi connectivity index (χ0v) is 19.0. The van der Waals surface area contributed by atoms with Gasteiger partial charge in [0.05, 0.1) is 11.7 Å². The van der Waals surface area contributed by atoms with Gasteiger partial charge in [-0.1, -0.05) is 13.0 Å². The molecule has 2 N–H and O–H groups in total. The lowest BCUT2D eigenvalue weighted by atomic mass is 9.44. The summed E-state index contributed by atoms with van der Waals surface area (Å²) in [6.07, 6.45) is 1.70. The maximum Gasteiger partial charge on any atom is 0.190 e. The Hall–Kier alpha value is -1.44. The second-order valence-corrected chi connectivity index (χ2v) is 11.7. The molecule has 1 saturated heterocycles. The van der Waals surface area contributed by atoms with E-state index in [0.29, 0.717) is 12.8 Å². The van der Waals surface area contributed by atoms with Gasteiger partial charge in [-0.3, -0.25) is 9.59 Å². The highest BCUT2D eigenvalue weighted by atomic mass is 19.1. The van der Waals surface area contributed by atoms with Gasteiger partial charge in [0.15, 0.2) is 17.2 Å². The Labute approximate surface area is 186 Å². The van der Waals surface area contributed by atoms with Crippen molar-refractivity contribution >= 4 is 11.6 Å². The van der Waals surface area contributed by atoms with Crippen molar-refractivity contribution in [3.05, 3.63) is 23.8 Å². The van der Waals surface area contributed by atoms with Crippen LogP contribution in [0.3, 0.4) is 0 Å². The van der Waals surface area contributed by atoms with Crippen molar-refractivity contribution in [2.24, 2.45) is 28.6 Å². The summed E-state index contributed by atoms with van der Waals surface area (Å²) in [5.41, 5.74) is -6.42. The van der Waals surface area contributed by atoms with Crippen LogP contribution in [0, 0.1) is 28.6 Å². The number of halogens is 2. The molecular formula is C25H32F2O5. The second-order valence-electron chi connectivity index (χ2n) is 11.7. The molecular weight excluding hydrogens is 418 g/mol. The number of aliphatic hydroxyl groups excluding tert-OH is 2. The zero-order chi connectivity index (χ0) is 23.5. The fraction of sp³-hybridized carbons (Fsp3) is 0.760. The molecule has 5 aliphatic rings. The fourth-order valence-corrected chi connectivity index (χ4v) is 8.57. The standard InChI is InChI=1S/C25H32F2O5/c1-21(2)10-13-7-15-16-9-18(26)17-8-14(29)5-6-22(17,3)24(16,27)19(30)11-23(15,4)25(13,32-21)20(31)12-28/h5-6,8,13,15-16,18-19,28,30H,7,9-12H2,1-4H3/t13-,15?,16?,18-,19-,22-,23-,24-,25-/m0/s1. The summed E-state index contributed by atoms with van der Waals surface area (Å²) in [5.74, 6) is -2.33. The van der Waals surface area contributed by atoms with E-state index in [4.69, 9.17) is 4.74 Å². The maximum absolute atomic E-state index is 17.2. The molecule has 0 amide bonds. The summed E-state index contributed by atoms with van der Waals surface area (Å²) in [6.45, 7) is 6.51. The Balaban J connectivity index is 1.66. The molecule has 3 saturated carbocycles. The largest absolute Gasteiger partial charge is 0.390 e. The molecule has 176 valence electrons. The van der Waals surface area contributed by atoms with Gasteiger partial charge in [-0.15, -0.1) is 0 Å². The van der Waals surface area contributed by atoms with Gasteiger partial charge in [0.25, 0.3) is 0 Å². The Morgan fingerprint density at radius 3 is 2.53 bits per heavy atom. The minimum absolute atomic E-state index is 0.0371. The molecule has 4 aliphatic carbocycles. The quantitative estimate of drug-likeness (QED) is 0.676. The molecule has 1 aliphatic heterocycles. The molecule has 0 aromatic carbocycles. The summed E-state index contributed by atoms with van der Waals surface area (Å²) in [5, 5.41) is 21.2. The van der Waals surface area contributed by atoms with Crippen LogP contribution in [0.15, 0.2) is 23.8 Å². The van der Waals surface area contributed by atoms with Crippen LogP contribution in [0.2, 0.25) is 0 Å². The zero-order valence-electron chi connectivity index (χ0n) is 19.0. The predicted octanol–water partition coefficient (Wildman–Crippen LogP) is 3.03. The summed E-state index contributed by atoms with van der Waals surface area (Å²) in [7, 11) is 0. The van der Waals surface area contributed by atoms with Crippen molar-refractivity contribution in [1.29, 1.82) is 0 Å². The number of carbonyl (C=O) groups excluding carboxylic acids is 2. The first-order valence-corrected chi connectivity index (χ1v) is 11.6. The third kappa shape index (κ3) is 2.33. The topological polar surface area (TPSA) is 83.8 Å². The smallest absolute Gasteiger partial charge is 0.190 e. The highest BCUT2D eigenvalue weighted by molar-refractivity contribution is 6.01. The van der Waals surface area contributed by atoms with Crippen molar-refractivity contribution in [3.8, 4) is 0 Å². The Morgan fingerprint density at radius 1 is 1.19 bits per heavy atom. The number of allylic oxidation sites excluding steroid dienone is 4. The number of ether oxygens (including phenoxy) is 1. The second kappa shape index (κ2) is 6.36. The molecule has 9 atom stereocenters. The van der Waals surface area contributed by atoms with Crippen molar-refractivity contribution < 1.29 is 33.3 Å². The normalized spacial score (nSPS) is 53.2. The summed E-state index contributed by atoms with van der Waals surface area (Å²) in [6, 6.07) is 0. The maximum atomic E-state index is 17.2. The van der Waals surface area contributed by atoms with E-state index in [1.54, 1.807) is 6.92 Å². The molecule has 1 heterocycles. The number of alkyl halides is 2. The van der Waals surface area contributed by atoms with Gasteiger partial charge in [0.2, 0.25) is 0 Å². The van der Waals surface area contributed by atoms with Gasteiger partial charge in [0, 0.05) is 16.7 Å². The molecule has 32 heavy (non-hydrogen) atoms. The third-order valence-corrected chi connectivity index (χ3v) is 9.71. The Kier molecular flexibility index (Phi) is 4.45.